The number of hydrogen-bond donors (Lipinski definition) is 0. The summed E-state index contributed by atoms with van der Waals surface area (Å²) < 4.78 is 5.52. The standard InChI is InChI=1S/C17H34O2.C5H11NO2/c1-4-5-6-7-8-9-10-11-12-13-14-15-17(18)19-16(2)3;1-6(2,3)4-5(7)8/h16H,4-15H2,1-3H3;4H2,1-3H3. The number of nitrogens with zero attached hydrogens (tertiary/aromatic N) is 1. The van der Waals surface area contributed by atoms with Crippen LogP contribution >= 0.6 is 0 Å². The monoisotopic (exact) mass is 387 g/mol. The van der Waals surface area contributed by atoms with E-state index in [-0.39, 0.29) is 18.6 Å². The number of hydrogen-bond acceptors (Lipinski definition) is 4. The first-order valence-electron chi connectivity index (χ1n) is 10.8. The van der Waals surface area contributed by atoms with Crippen molar-refractivity contribution < 1.29 is 23.9 Å². The minimum Gasteiger partial charge on any atom is -0.544 e. The van der Waals surface area contributed by atoms with Crippen LogP contribution in [0.2, 0.25) is 0 Å². The van der Waals surface area contributed by atoms with Crippen LogP contribution in [0.5, 0.6) is 0 Å². The number of ether oxygens (including phenoxy) is 1. The van der Waals surface area contributed by atoms with Crippen molar-refractivity contribution in [3.8, 4) is 0 Å². The number of likely N-dealkylation sites (N-methyl/N-ethyl adjacent to an activating group) is 1. The van der Waals surface area contributed by atoms with Crippen molar-refractivity contribution in [3.63, 3.8) is 0 Å². The summed E-state index contributed by atoms with van der Waals surface area (Å²) in [4.78, 5) is 21.2. The SMILES string of the molecule is CCCCCCCCCCCCCC(=O)OC(C)C.C[N+](C)(C)CC(=O)[O-]. The van der Waals surface area contributed by atoms with Gasteiger partial charge in [0.15, 0.2) is 0 Å². The second-order valence-electron chi connectivity index (χ2n) is 8.64. The second kappa shape index (κ2) is 18.3. The molecule has 0 atom stereocenters. The first kappa shape index (κ1) is 28.1. The molecule has 0 aliphatic rings. The lowest BCUT2D eigenvalue weighted by atomic mass is 10.1. The molecule has 0 aromatic heterocycles. The zero-order chi connectivity index (χ0) is 21.1. The van der Waals surface area contributed by atoms with Gasteiger partial charge < -0.3 is 19.1 Å². The van der Waals surface area contributed by atoms with Crippen molar-refractivity contribution in [2.24, 2.45) is 0 Å². The van der Waals surface area contributed by atoms with Crippen LogP contribution in [0.1, 0.15) is 97.8 Å². The molecule has 0 spiro atoms. The van der Waals surface area contributed by atoms with E-state index < -0.39 is 5.97 Å². The summed E-state index contributed by atoms with van der Waals surface area (Å²) in [6.45, 7) is 6.13. The van der Waals surface area contributed by atoms with Crippen LogP contribution in [-0.4, -0.2) is 50.2 Å². The quantitative estimate of drug-likeness (QED) is 0.241. The van der Waals surface area contributed by atoms with E-state index in [2.05, 4.69) is 6.92 Å². The topological polar surface area (TPSA) is 66.4 Å². The first-order chi connectivity index (χ1) is 12.6. The predicted octanol–water partition coefficient (Wildman–Crippen LogP) is 4.08. The van der Waals surface area contributed by atoms with E-state index >= 15 is 0 Å². The Kier molecular flexibility index (Phi) is 19.0. The molecule has 0 aromatic carbocycles. The van der Waals surface area contributed by atoms with Crippen molar-refractivity contribution in [2.45, 2.75) is 104 Å². The van der Waals surface area contributed by atoms with Crippen LogP contribution in [0, 0.1) is 0 Å². The Labute approximate surface area is 168 Å². The van der Waals surface area contributed by atoms with E-state index in [0.717, 1.165) is 6.42 Å². The minimum absolute atomic E-state index is 0.0280. The summed E-state index contributed by atoms with van der Waals surface area (Å²) in [5.41, 5.74) is 0. The molecule has 5 nitrogen and oxygen atoms in total. The number of aliphatic carboxylic acids is 1. The predicted molar refractivity (Wildman–Crippen MR) is 110 cm³/mol. The summed E-state index contributed by atoms with van der Waals surface area (Å²) in [6.07, 6.45) is 15.1. The number of carboxylic acids is 1. The molecule has 0 radical (unpaired) electrons. The van der Waals surface area contributed by atoms with Gasteiger partial charge in [-0.05, 0) is 20.3 Å². The highest BCUT2D eigenvalue weighted by Crippen LogP contribution is 2.12. The lowest BCUT2D eigenvalue weighted by Gasteiger charge is -2.23. The summed E-state index contributed by atoms with van der Waals surface area (Å²) in [5, 5.41) is 9.89. The second-order valence-corrected chi connectivity index (χ2v) is 8.64. The third-order valence-electron chi connectivity index (χ3n) is 3.96. The van der Waals surface area contributed by atoms with E-state index in [0.29, 0.717) is 10.9 Å². The van der Waals surface area contributed by atoms with Gasteiger partial charge in [0.25, 0.3) is 0 Å². The van der Waals surface area contributed by atoms with Gasteiger partial charge in [-0.1, -0.05) is 71.1 Å². The maximum Gasteiger partial charge on any atom is 0.306 e. The van der Waals surface area contributed by atoms with Gasteiger partial charge >= 0.3 is 5.97 Å². The zero-order valence-electron chi connectivity index (χ0n) is 18.8. The maximum absolute atomic E-state index is 11.3. The molecule has 0 saturated heterocycles. The zero-order valence-corrected chi connectivity index (χ0v) is 18.8. The van der Waals surface area contributed by atoms with Gasteiger partial charge in [0.1, 0.15) is 6.54 Å². The molecule has 0 aromatic rings. The number of esters is 1. The molecular weight excluding hydrogens is 342 g/mol. The lowest BCUT2D eigenvalue weighted by molar-refractivity contribution is -0.864. The molecule has 0 heterocycles. The lowest BCUT2D eigenvalue weighted by Crippen LogP contribution is -2.45. The normalized spacial score (nSPS) is 11.1. The van der Waals surface area contributed by atoms with Gasteiger partial charge in [-0.25, -0.2) is 0 Å². The van der Waals surface area contributed by atoms with E-state index in [1.807, 2.05) is 13.8 Å². The Morgan fingerprint density at radius 2 is 1.22 bits per heavy atom. The highest BCUT2D eigenvalue weighted by molar-refractivity contribution is 5.69. The fourth-order valence-electron chi connectivity index (χ4n) is 2.64. The van der Waals surface area contributed by atoms with Crippen LogP contribution in [0.15, 0.2) is 0 Å². The molecule has 0 saturated carbocycles. The fourth-order valence-corrected chi connectivity index (χ4v) is 2.64. The van der Waals surface area contributed by atoms with Crippen LogP contribution < -0.4 is 5.11 Å². The number of carbonyl (C=O) groups excluding carboxylic acids is 2. The minimum atomic E-state index is -1.00. The Bertz CT molecular complexity index is 362. The highest BCUT2D eigenvalue weighted by atomic mass is 16.5. The van der Waals surface area contributed by atoms with Gasteiger partial charge in [-0.2, -0.15) is 0 Å². The Hall–Kier alpha value is -1.10. The summed E-state index contributed by atoms with van der Waals surface area (Å²) in [5.74, 6) is -1.04. The average molecular weight is 388 g/mol. The molecule has 27 heavy (non-hydrogen) atoms. The third kappa shape index (κ3) is 29.9. The number of carbonyl (C=O) groups is 2. The van der Waals surface area contributed by atoms with E-state index in [1.165, 1.54) is 64.2 Å². The fraction of sp³-hybridized carbons (Fsp3) is 0.909. The van der Waals surface area contributed by atoms with E-state index in [1.54, 1.807) is 21.1 Å². The largest absolute Gasteiger partial charge is 0.544 e. The van der Waals surface area contributed by atoms with Crippen molar-refractivity contribution in [1.29, 1.82) is 0 Å². The summed E-state index contributed by atoms with van der Waals surface area (Å²) >= 11 is 0. The van der Waals surface area contributed by atoms with Crippen molar-refractivity contribution >= 4 is 11.9 Å². The molecule has 0 aliphatic carbocycles. The van der Waals surface area contributed by atoms with Crippen LogP contribution in [0.4, 0.5) is 0 Å². The van der Waals surface area contributed by atoms with Crippen LogP contribution in [-0.2, 0) is 14.3 Å². The highest BCUT2D eigenvalue weighted by Gasteiger charge is 2.05. The number of unbranched alkanes of at least 4 members (excludes halogenated alkanes) is 10. The van der Waals surface area contributed by atoms with Crippen LogP contribution in [0.25, 0.3) is 0 Å². The van der Waals surface area contributed by atoms with Gasteiger partial charge in [0, 0.05) is 6.42 Å². The van der Waals surface area contributed by atoms with E-state index in [4.69, 9.17) is 4.74 Å². The number of carboxylic acid groups (broad SMARTS) is 1. The Morgan fingerprint density at radius 1 is 0.815 bits per heavy atom. The summed E-state index contributed by atoms with van der Waals surface area (Å²) in [6, 6.07) is 0. The van der Waals surface area contributed by atoms with Gasteiger partial charge in [0.05, 0.1) is 33.2 Å². The number of quaternary nitrogens is 1. The molecule has 0 rings (SSSR count). The molecule has 0 amide bonds. The Morgan fingerprint density at radius 3 is 1.52 bits per heavy atom. The number of rotatable bonds is 15. The van der Waals surface area contributed by atoms with Crippen LogP contribution in [0.3, 0.4) is 0 Å². The average Bonchev–Trinajstić information content (AvgIpc) is 2.50. The Balaban J connectivity index is 0. The third-order valence-corrected chi connectivity index (χ3v) is 3.96. The van der Waals surface area contributed by atoms with Crippen molar-refractivity contribution in [3.05, 3.63) is 0 Å². The molecule has 0 N–H and O–H groups in total. The summed E-state index contributed by atoms with van der Waals surface area (Å²) in [7, 11) is 5.40. The van der Waals surface area contributed by atoms with E-state index in [9.17, 15) is 14.7 Å². The molecule has 0 aliphatic heterocycles. The molecule has 0 unspecified atom stereocenters. The van der Waals surface area contributed by atoms with Gasteiger partial charge in [-0.15, -0.1) is 0 Å². The molecule has 0 bridgehead atoms. The van der Waals surface area contributed by atoms with Gasteiger partial charge in [-0.3, -0.25) is 4.79 Å². The molecular formula is C22H45NO4. The molecule has 162 valence electrons. The molecule has 5 heteroatoms. The molecule has 0 fully saturated rings. The van der Waals surface area contributed by atoms with Crippen molar-refractivity contribution in [2.75, 3.05) is 27.7 Å². The van der Waals surface area contributed by atoms with Crippen molar-refractivity contribution in [1.82, 2.24) is 0 Å². The first-order valence-corrected chi connectivity index (χ1v) is 10.8. The smallest absolute Gasteiger partial charge is 0.306 e. The maximum atomic E-state index is 11.3. The van der Waals surface area contributed by atoms with Gasteiger partial charge in [0.2, 0.25) is 0 Å².